The highest BCUT2D eigenvalue weighted by atomic mass is 35.5. The summed E-state index contributed by atoms with van der Waals surface area (Å²) in [5, 5.41) is 4.49. The molecule has 5 rings (SSSR count). The minimum absolute atomic E-state index is 0.0979. The van der Waals surface area contributed by atoms with Gasteiger partial charge in [-0.15, -0.1) is 0 Å². The minimum Gasteiger partial charge on any atom is -0.467 e. The third-order valence-corrected chi connectivity index (χ3v) is 6.56. The molecule has 2 heterocycles. The van der Waals surface area contributed by atoms with Gasteiger partial charge in [-0.2, -0.15) is 0 Å². The van der Waals surface area contributed by atoms with Crippen LogP contribution in [0.1, 0.15) is 16.1 Å². The molecule has 0 fully saturated rings. The first kappa shape index (κ1) is 26.6. The van der Waals surface area contributed by atoms with E-state index in [9.17, 15) is 9.59 Å². The Morgan fingerprint density at radius 3 is 2.26 bits per heavy atom. The van der Waals surface area contributed by atoms with Crippen molar-refractivity contribution in [1.29, 1.82) is 0 Å². The van der Waals surface area contributed by atoms with E-state index in [1.807, 2.05) is 18.2 Å². The molecule has 7 nitrogen and oxygen atoms in total. The van der Waals surface area contributed by atoms with Gasteiger partial charge in [0.05, 0.1) is 18.5 Å². The lowest BCUT2D eigenvalue weighted by Gasteiger charge is -2.21. The molecule has 39 heavy (non-hydrogen) atoms. The van der Waals surface area contributed by atoms with Crippen molar-refractivity contribution in [2.45, 2.75) is 6.54 Å². The van der Waals surface area contributed by atoms with E-state index in [1.165, 1.54) is 11.2 Å². The monoisotopic (exact) mass is 578 g/mol. The quantitative estimate of drug-likeness (QED) is 0.208. The van der Waals surface area contributed by atoms with E-state index >= 15 is 0 Å². The van der Waals surface area contributed by atoms with E-state index in [1.54, 1.807) is 77.5 Å². The molecule has 0 atom stereocenters. The highest BCUT2D eigenvalue weighted by molar-refractivity contribution is 6.31. The third-order valence-electron chi connectivity index (χ3n) is 5.82. The second-order valence-electron chi connectivity index (χ2n) is 8.60. The van der Waals surface area contributed by atoms with Crippen molar-refractivity contribution in [1.82, 2.24) is 14.5 Å². The molecule has 1 N–H and O–H groups in total. The molecule has 0 saturated heterocycles. The van der Waals surface area contributed by atoms with E-state index in [0.29, 0.717) is 37.8 Å². The second kappa shape index (κ2) is 11.8. The number of anilines is 1. The highest BCUT2D eigenvalue weighted by Crippen LogP contribution is 2.27. The Labute approximate surface area is 239 Å². The van der Waals surface area contributed by atoms with Gasteiger partial charge in [0.1, 0.15) is 12.3 Å². The van der Waals surface area contributed by atoms with Gasteiger partial charge in [0.25, 0.3) is 5.91 Å². The fourth-order valence-corrected chi connectivity index (χ4v) is 4.39. The van der Waals surface area contributed by atoms with Crippen LogP contribution in [0.5, 0.6) is 0 Å². The van der Waals surface area contributed by atoms with Crippen LogP contribution in [0.2, 0.25) is 15.1 Å². The van der Waals surface area contributed by atoms with Crippen LogP contribution in [-0.2, 0) is 11.3 Å². The standard InChI is InChI=1S/C29H21Cl3N4O3/c30-21-10-6-19(7-11-21)26-17-36(24-4-1-3-23(32)15-24)29(33-26)34-27(37)18-35(16-25-5-2-14-39-25)28(38)20-8-12-22(31)13-9-20/h1-15,17H,16,18H2,(H,33,34,37). The number of benzene rings is 3. The summed E-state index contributed by atoms with van der Waals surface area (Å²) in [6, 6.07) is 24.3. The van der Waals surface area contributed by atoms with E-state index in [2.05, 4.69) is 10.3 Å². The Morgan fingerprint density at radius 2 is 1.59 bits per heavy atom. The number of imidazole rings is 1. The number of nitrogens with one attached hydrogen (secondary N) is 1. The van der Waals surface area contributed by atoms with Crippen LogP contribution in [0.15, 0.2) is 102 Å². The maximum Gasteiger partial charge on any atom is 0.254 e. The molecule has 0 unspecified atom stereocenters. The first-order valence-corrected chi connectivity index (χ1v) is 13.0. The lowest BCUT2D eigenvalue weighted by Crippen LogP contribution is -2.37. The van der Waals surface area contributed by atoms with Crippen LogP contribution in [0.3, 0.4) is 0 Å². The molecule has 0 aliphatic heterocycles. The smallest absolute Gasteiger partial charge is 0.254 e. The third kappa shape index (κ3) is 6.52. The molecule has 0 saturated carbocycles. The summed E-state index contributed by atoms with van der Waals surface area (Å²) in [7, 11) is 0. The normalized spacial score (nSPS) is 10.8. The molecular formula is C29H21Cl3N4O3. The molecule has 0 spiro atoms. The molecule has 3 aromatic carbocycles. The number of rotatable bonds is 8. The van der Waals surface area contributed by atoms with Gasteiger partial charge in [-0.05, 0) is 66.7 Å². The van der Waals surface area contributed by atoms with E-state index in [-0.39, 0.29) is 24.9 Å². The number of hydrogen-bond acceptors (Lipinski definition) is 4. The first-order chi connectivity index (χ1) is 18.9. The lowest BCUT2D eigenvalue weighted by atomic mass is 10.2. The minimum atomic E-state index is -0.444. The van der Waals surface area contributed by atoms with Gasteiger partial charge in [0, 0.05) is 38.1 Å². The zero-order chi connectivity index (χ0) is 27.4. The molecule has 0 radical (unpaired) electrons. The number of carbonyl (C=O) groups is 2. The second-order valence-corrected chi connectivity index (χ2v) is 9.91. The Kier molecular flexibility index (Phi) is 8.02. The van der Waals surface area contributed by atoms with Crippen LogP contribution in [0, 0.1) is 0 Å². The predicted octanol–water partition coefficient (Wildman–Crippen LogP) is 7.37. The van der Waals surface area contributed by atoms with Crippen LogP contribution in [-0.4, -0.2) is 32.8 Å². The molecule has 10 heteroatoms. The molecule has 0 aliphatic rings. The molecular weight excluding hydrogens is 559 g/mol. The van der Waals surface area contributed by atoms with Crippen molar-refractivity contribution >= 4 is 52.6 Å². The van der Waals surface area contributed by atoms with Crippen molar-refractivity contribution in [3.8, 4) is 16.9 Å². The molecule has 2 amide bonds. The topological polar surface area (TPSA) is 80.4 Å². The van der Waals surface area contributed by atoms with Gasteiger partial charge in [-0.25, -0.2) is 4.98 Å². The van der Waals surface area contributed by atoms with E-state index in [4.69, 9.17) is 39.2 Å². The van der Waals surface area contributed by atoms with Crippen LogP contribution in [0.25, 0.3) is 16.9 Å². The summed E-state index contributed by atoms with van der Waals surface area (Å²) in [6.07, 6.45) is 3.31. The van der Waals surface area contributed by atoms with Gasteiger partial charge in [0.2, 0.25) is 11.9 Å². The Bertz CT molecular complexity index is 1600. The van der Waals surface area contributed by atoms with Crippen molar-refractivity contribution in [3.05, 3.63) is 124 Å². The maximum absolute atomic E-state index is 13.3. The summed E-state index contributed by atoms with van der Waals surface area (Å²) in [6.45, 7) is -0.151. The van der Waals surface area contributed by atoms with Crippen molar-refractivity contribution in [2.75, 3.05) is 11.9 Å². The summed E-state index contributed by atoms with van der Waals surface area (Å²) in [5.41, 5.74) is 2.53. The van der Waals surface area contributed by atoms with Crippen LogP contribution in [0.4, 0.5) is 5.95 Å². The number of aromatic nitrogens is 2. The number of amides is 2. The van der Waals surface area contributed by atoms with Gasteiger partial charge in [-0.3, -0.25) is 19.5 Å². The molecule has 2 aromatic heterocycles. The fourth-order valence-electron chi connectivity index (χ4n) is 3.95. The molecule has 0 bridgehead atoms. The zero-order valence-corrected chi connectivity index (χ0v) is 22.6. The Balaban J connectivity index is 1.43. The number of nitrogens with zero attached hydrogens (tertiary/aromatic N) is 3. The summed E-state index contributed by atoms with van der Waals surface area (Å²) < 4.78 is 7.16. The van der Waals surface area contributed by atoms with Crippen LogP contribution < -0.4 is 5.32 Å². The number of halogens is 3. The summed E-state index contributed by atoms with van der Waals surface area (Å²) >= 11 is 18.3. The van der Waals surface area contributed by atoms with Gasteiger partial charge >= 0.3 is 0 Å². The van der Waals surface area contributed by atoms with Crippen molar-refractivity contribution < 1.29 is 14.0 Å². The number of hydrogen-bond donors (Lipinski definition) is 1. The lowest BCUT2D eigenvalue weighted by molar-refractivity contribution is -0.117. The van der Waals surface area contributed by atoms with Gasteiger partial charge in [0.15, 0.2) is 0 Å². The average Bonchev–Trinajstić information content (AvgIpc) is 3.59. The summed E-state index contributed by atoms with van der Waals surface area (Å²) in [4.78, 5) is 32.7. The van der Waals surface area contributed by atoms with Gasteiger partial charge in [-0.1, -0.05) is 53.0 Å². The summed E-state index contributed by atoms with van der Waals surface area (Å²) in [5.74, 6) is 0.0123. The first-order valence-electron chi connectivity index (χ1n) is 11.8. The zero-order valence-electron chi connectivity index (χ0n) is 20.4. The predicted molar refractivity (Wildman–Crippen MR) is 153 cm³/mol. The SMILES string of the molecule is O=C(CN(Cc1ccco1)C(=O)c1ccc(Cl)cc1)Nc1nc(-c2ccc(Cl)cc2)cn1-c1cccc(Cl)c1. The van der Waals surface area contributed by atoms with E-state index < -0.39 is 5.91 Å². The largest absolute Gasteiger partial charge is 0.467 e. The van der Waals surface area contributed by atoms with Gasteiger partial charge < -0.3 is 9.32 Å². The number of carbonyl (C=O) groups excluding carboxylic acids is 2. The molecule has 5 aromatic rings. The van der Waals surface area contributed by atoms with Crippen molar-refractivity contribution in [2.24, 2.45) is 0 Å². The van der Waals surface area contributed by atoms with E-state index in [0.717, 1.165) is 5.56 Å². The Morgan fingerprint density at radius 1 is 0.872 bits per heavy atom. The van der Waals surface area contributed by atoms with Crippen LogP contribution >= 0.6 is 34.8 Å². The average molecular weight is 580 g/mol. The fraction of sp³-hybridized carbons (Fsp3) is 0.0690. The molecule has 0 aliphatic carbocycles. The highest BCUT2D eigenvalue weighted by Gasteiger charge is 2.22. The maximum atomic E-state index is 13.3. The Hall–Kier alpha value is -4.04. The number of furan rings is 1. The van der Waals surface area contributed by atoms with Crippen molar-refractivity contribution in [3.63, 3.8) is 0 Å². The molecule has 196 valence electrons.